The number of fused-ring (bicyclic) bond motifs is 1. The number of aromatic nitrogens is 2. The number of aliphatic carboxylic acids is 2. The molecule has 0 amide bonds. The number of carboxylic acid groups (broad SMARTS) is 2. The van der Waals surface area contributed by atoms with Gasteiger partial charge in [0.1, 0.15) is 11.8 Å². The molecule has 33 heavy (non-hydrogen) atoms. The predicted molar refractivity (Wildman–Crippen MR) is 122 cm³/mol. The van der Waals surface area contributed by atoms with Crippen molar-refractivity contribution in [3.63, 3.8) is 0 Å². The summed E-state index contributed by atoms with van der Waals surface area (Å²) in [5.74, 6) is -1.19. The van der Waals surface area contributed by atoms with E-state index >= 15 is 0 Å². The van der Waals surface area contributed by atoms with Gasteiger partial charge in [-0.25, -0.2) is 0 Å². The van der Waals surface area contributed by atoms with Crippen molar-refractivity contribution < 1.29 is 24.5 Å². The Balaban J connectivity index is 1.59. The van der Waals surface area contributed by atoms with E-state index < -0.39 is 18.0 Å². The van der Waals surface area contributed by atoms with Gasteiger partial charge in [0.25, 0.3) is 0 Å². The van der Waals surface area contributed by atoms with Crippen LogP contribution in [0.5, 0.6) is 5.75 Å². The van der Waals surface area contributed by atoms with Crippen LogP contribution in [-0.2, 0) is 22.7 Å². The van der Waals surface area contributed by atoms with E-state index in [-0.39, 0.29) is 13.0 Å². The van der Waals surface area contributed by atoms with Crippen LogP contribution in [-0.4, -0.2) is 74.8 Å². The molecule has 0 bridgehead atoms. The van der Waals surface area contributed by atoms with Crippen molar-refractivity contribution >= 4 is 22.8 Å². The van der Waals surface area contributed by atoms with E-state index in [9.17, 15) is 14.7 Å². The van der Waals surface area contributed by atoms with Crippen molar-refractivity contribution in [2.45, 2.75) is 25.6 Å². The van der Waals surface area contributed by atoms with Crippen molar-refractivity contribution in [2.75, 3.05) is 33.3 Å². The third-order valence-corrected chi connectivity index (χ3v) is 6.10. The number of hydrogen-bond donors (Lipinski definition) is 2. The van der Waals surface area contributed by atoms with Gasteiger partial charge in [0.2, 0.25) is 0 Å². The van der Waals surface area contributed by atoms with E-state index in [0.29, 0.717) is 24.4 Å². The van der Waals surface area contributed by atoms with Gasteiger partial charge in [0, 0.05) is 68.1 Å². The molecule has 9 nitrogen and oxygen atoms in total. The number of piperazine rings is 1. The first-order valence-corrected chi connectivity index (χ1v) is 10.9. The predicted octanol–water partition coefficient (Wildman–Crippen LogP) is 2.46. The van der Waals surface area contributed by atoms with E-state index in [4.69, 9.17) is 9.84 Å². The largest absolute Gasteiger partial charge is 0.497 e. The molecule has 0 saturated carbocycles. The van der Waals surface area contributed by atoms with Gasteiger partial charge in [-0.2, -0.15) is 0 Å². The molecule has 1 atom stereocenters. The SMILES string of the molecule is COc1ccc2c(c1)c(C(C(=O)O)N1CCN(Cc3ccccn3)CC1)cn2CCC(=O)O. The molecule has 174 valence electrons. The van der Waals surface area contributed by atoms with Gasteiger partial charge < -0.3 is 19.5 Å². The monoisotopic (exact) mass is 452 g/mol. The summed E-state index contributed by atoms with van der Waals surface area (Å²) in [5, 5.41) is 20.1. The topological polar surface area (TPSA) is 108 Å². The summed E-state index contributed by atoms with van der Waals surface area (Å²) in [7, 11) is 1.57. The molecule has 1 aliphatic rings. The lowest BCUT2D eigenvalue weighted by atomic mass is 10.0. The number of carbonyl (C=O) groups is 2. The first-order valence-electron chi connectivity index (χ1n) is 10.9. The fourth-order valence-corrected chi connectivity index (χ4v) is 4.44. The smallest absolute Gasteiger partial charge is 0.325 e. The van der Waals surface area contributed by atoms with Crippen molar-refractivity contribution in [3.8, 4) is 5.75 Å². The molecule has 0 aliphatic carbocycles. The number of hydrogen-bond acceptors (Lipinski definition) is 6. The minimum Gasteiger partial charge on any atom is -0.497 e. The second kappa shape index (κ2) is 10.0. The van der Waals surface area contributed by atoms with Crippen LogP contribution in [0.2, 0.25) is 0 Å². The van der Waals surface area contributed by atoms with Crippen LogP contribution >= 0.6 is 0 Å². The third kappa shape index (κ3) is 5.15. The van der Waals surface area contributed by atoms with Crippen molar-refractivity contribution in [1.29, 1.82) is 0 Å². The summed E-state index contributed by atoms with van der Waals surface area (Å²) in [6.07, 6.45) is 3.52. The van der Waals surface area contributed by atoms with Crippen LogP contribution in [0.15, 0.2) is 48.8 Å². The van der Waals surface area contributed by atoms with Crippen LogP contribution in [0.1, 0.15) is 23.7 Å². The van der Waals surface area contributed by atoms with E-state index in [1.165, 1.54) is 0 Å². The first-order chi connectivity index (χ1) is 16.0. The summed E-state index contributed by atoms with van der Waals surface area (Å²) in [5.41, 5.74) is 2.45. The van der Waals surface area contributed by atoms with E-state index in [1.54, 1.807) is 25.6 Å². The third-order valence-electron chi connectivity index (χ3n) is 6.10. The van der Waals surface area contributed by atoms with Gasteiger partial charge >= 0.3 is 11.9 Å². The van der Waals surface area contributed by atoms with Crippen molar-refractivity contribution in [2.24, 2.45) is 0 Å². The molecule has 3 heterocycles. The molecule has 0 radical (unpaired) electrons. The van der Waals surface area contributed by atoms with Crippen LogP contribution in [0, 0.1) is 0 Å². The van der Waals surface area contributed by atoms with Crippen LogP contribution in [0.3, 0.4) is 0 Å². The number of pyridine rings is 1. The number of aryl methyl sites for hydroxylation is 1. The van der Waals surface area contributed by atoms with Crippen LogP contribution in [0.25, 0.3) is 10.9 Å². The van der Waals surface area contributed by atoms with Gasteiger partial charge in [-0.05, 0) is 30.3 Å². The molecule has 1 fully saturated rings. The van der Waals surface area contributed by atoms with Gasteiger partial charge in [0.05, 0.1) is 19.2 Å². The number of benzene rings is 1. The second-order valence-corrected chi connectivity index (χ2v) is 8.18. The summed E-state index contributed by atoms with van der Waals surface area (Å²) < 4.78 is 7.19. The highest BCUT2D eigenvalue weighted by Gasteiger charge is 2.33. The molecule has 1 unspecified atom stereocenters. The molecule has 2 aromatic heterocycles. The maximum atomic E-state index is 12.4. The minimum absolute atomic E-state index is 0.0425. The Morgan fingerprint density at radius 3 is 2.55 bits per heavy atom. The molecule has 2 N–H and O–H groups in total. The summed E-state index contributed by atoms with van der Waals surface area (Å²) in [6, 6.07) is 10.5. The van der Waals surface area contributed by atoms with Gasteiger partial charge in [0.15, 0.2) is 0 Å². The Kier molecular flexibility index (Phi) is 6.90. The number of methoxy groups -OCH3 is 1. The lowest BCUT2D eigenvalue weighted by Crippen LogP contribution is -2.48. The summed E-state index contributed by atoms with van der Waals surface area (Å²) in [4.78, 5) is 32.2. The highest BCUT2D eigenvalue weighted by atomic mass is 16.5. The number of nitrogens with zero attached hydrogens (tertiary/aromatic N) is 4. The maximum absolute atomic E-state index is 12.4. The zero-order valence-corrected chi connectivity index (χ0v) is 18.6. The number of carboxylic acids is 2. The highest BCUT2D eigenvalue weighted by Crippen LogP contribution is 2.34. The number of rotatable bonds is 9. The molecule has 1 saturated heterocycles. The second-order valence-electron chi connectivity index (χ2n) is 8.18. The quantitative estimate of drug-likeness (QED) is 0.510. The van der Waals surface area contributed by atoms with E-state index in [0.717, 1.165) is 36.2 Å². The molecular formula is C24H28N4O5. The molecule has 0 spiro atoms. The minimum atomic E-state index is -0.923. The normalized spacial score (nSPS) is 16.0. The molecular weight excluding hydrogens is 424 g/mol. The highest BCUT2D eigenvalue weighted by molar-refractivity contribution is 5.90. The summed E-state index contributed by atoms with van der Waals surface area (Å²) in [6.45, 7) is 3.69. The zero-order chi connectivity index (χ0) is 23.4. The molecule has 4 rings (SSSR count). The standard InChI is InChI=1S/C24H28N4O5/c1-33-18-5-6-21-19(14-18)20(16-28(21)9-7-22(29)30)23(24(31)32)27-12-10-26(11-13-27)15-17-4-2-3-8-25-17/h2-6,8,14,16,23H,7,9-13,15H2,1H3,(H,29,30)(H,31,32). The first kappa shape index (κ1) is 22.8. The molecule has 1 aromatic carbocycles. The summed E-state index contributed by atoms with van der Waals surface area (Å²) >= 11 is 0. The Morgan fingerprint density at radius 2 is 1.91 bits per heavy atom. The number of ether oxygens (including phenoxy) is 1. The zero-order valence-electron chi connectivity index (χ0n) is 18.6. The van der Waals surface area contributed by atoms with Crippen molar-refractivity contribution in [1.82, 2.24) is 19.4 Å². The Hall–Kier alpha value is -3.43. The van der Waals surface area contributed by atoms with Gasteiger partial charge in [-0.3, -0.25) is 24.4 Å². The fourth-order valence-electron chi connectivity index (χ4n) is 4.44. The van der Waals surface area contributed by atoms with E-state index in [1.807, 2.05) is 39.8 Å². The van der Waals surface area contributed by atoms with Crippen molar-refractivity contribution in [3.05, 3.63) is 60.0 Å². The fraction of sp³-hybridized carbons (Fsp3) is 0.375. The lowest BCUT2D eigenvalue weighted by molar-refractivity contribution is -0.144. The lowest BCUT2D eigenvalue weighted by Gasteiger charge is -2.37. The average molecular weight is 453 g/mol. The van der Waals surface area contributed by atoms with Crippen LogP contribution in [0.4, 0.5) is 0 Å². The molecule has 3 aromatic rings. The average Bonchev–Trinajstić information content (AvgIpc) is 3.16. The van der Waals surface area contributed by atoms with E-state index in [2.05, 4.69) is 9.88 Å². The molecule has 1 aliphatic heterocycles. The molecule has 9 heteroatoms. The Bertz CT molecular complexity index is 1120. The van der Waals surface area contributed by atoms with Crippen LogP contribution < -0.4 is 4.74 Å². The Morgan fingerprint density at radius 1 is 1.12 bits per heavy atom. The van der Waals surface area contributed by atoms with Gasteiger partial charge in [-0.15, -0.1) is 0 Å². The van der Waals surface area contributed by atoms with Gasteiger partial charge in [-0.1, -0.05) is 6.07 Å². The maximum Gasteiger partial charge on any atom is 0.325 e. The Labute approximate surface area is 191 Å².